The van der Waals surface area contributed by atoms with E-state index in [1.165, 1.54) is 0 Å². The summed E-state index contributed by atoms with van der Waals surface area (Å²) in [5, 5.41) is 1.78. The molecule has 1 nitrogen and oxygen atoms in total. The Labute approximate surface area is 81.0 Å². The van der Waals surface area contributed by atoms with Crippen molar-refractivity contribution in [2.45, 2.75) is 32.5 Å². The number of nitrogens with one attached hydrogen (secondary N) is 1. The van der Waals surface area contributed by atoms with Crippen molar-refractivity contribution in [3.05, 3.63) is 11.1 Å². The molecule has 0 saturated heterocycles. The van der Waals surface area contributed by atoms with Gasteiger partial charge >= 0.3 is 6.18 Å². The first-order chi connectivity index (χ1) is 5.63. The van der Waals surface area contributed by atoms with Gasteiger partial charge in [-0.15, -0.1) is 0 Å². The van der Waals surface area contributed by atoms with Gasteiger partial charge in [0, 0.05) is 12.1 Å². The zero-order chi connectivity index (χ0) is 10.7. The predicted molar refractivity (Wildman–Crippen MR) is 47.7 cm³/mol. The van der Waals surface area contributed by atoms with Crippen LogP contribution in [0, 0.1) is 0 Å². The van der Waals surface area contributed by atoms with E-state index < -0.39 is 11.2 Å². The van der Waals surface area contributed by atoms with Crippen molar-refractivity contribution in [3.63, 3.8) is 0 Å². The maximum atomic E-state index is 11.8. The molecule has 0 aliphatic rings. The minimum atomic E-state index is -4.43. The highest BCUT2D eigenvalue weighted by Crippen LogP contribution is 2.27. The van der Waals surface area contributed by atoms with Crippen LogP contribution in [0.3, 0.4) is 0 Å². The average molecular weight is 216 g/mol. The van der Waals surface area contributed by atoms with Gasteiger partial charge in [0.2, 0.25) is 0 Å². The molecule has 0 fully saturated rings. The van der Waals surface area contributed by atoms with E-state index in [-0.39, 0.29) is 12.1 Å². The smallest absolute Gasteiger partial charge is 0.309 e. The summed E-state index contributed by atoms with van der Waals surface area (Å²) in [5.41, 5.74) is -0.209. The van der Waals surface area contributed by atoms with Gasteiger partial charge in [0.05, 0.1) is 0 Å². The standard InChI is InChI=1S/C8H13ClF3N/c1-7(2,3)13-5-4-6(9)8(10,11)12/h4,13H,5H2,1-3H3/b6-4-. The van der Waals surface area contributed by atoms with Crippen molar-refractivity contribution in [2.75, 3.05) is 6.54 Å². The summed E-state index contributed by atoms with van der Waals surface area (Å²) in [5.74, 6) is 0. The van der Waals surface area contributed by atoms with E-state index in [0.717, 1.165) is 6.08 Å². The van der Waals surface area contributed by atoms with E-state index in [4.69, 9.17) is 11.6 Å². The Morgan fingerprint density at radius 2 is 1.77 bits per heavy atom. The highest BCUT2D eigenvalue weighted by Gasteiger charge is 2.31. The predicted octanol–water partition coefficient (Wildman–Crippen LogP) is 3.06. The number of rotatable bonds is 2. The monoisotopic (exact) mass is 215 g/mol. The topological polar surface area (TPSA) is 12.0 Å². The Hall–Kier alpha value is -0.220. The Bertz CT molecular complexity index is 191. The summed E-state index contributed by atoms with van der Waals surface area (Å²) < 4.78 is 35.5. The lowest BCUT2D eigenvalue weighted by Gasteiger charge is -2.19. The van der Waals surface area contributed by atoms with Crippen LogP contribution in [0.1, 0.15) is 20.8 Å². The Morgan fingerprint density at radius 3 is 2.08 bits per heavy atom. The quantitative estimate of drug-likeness (QED) is 0.747. The SMILES string of the molecule is CC(C)(C)NC/C=C(\Cl)C(F)(F)F. The van der Waals surface area contributed by atoms with Crippen LogP contribution in [0.2, 0.25) is 0 Å². The van der Waals surface area contributed by atoms with Crippen molar-refractivity contribution in [1.29, 1.82) is 0 Å². The molecule has 0 aliphatic carbocycles. The molecule has 13 heavy (non-hydrogen) atoms. The zero-order valence-electron chi connectivity index (χ0n) is 7.80. The van der Waals surface area contributed by atoms with Crippen molar-refractivity contribution in [2.24, 2.45) is 0 Å². The third kappa shape index (κ3) is 6.90. The molecule has 0 spiro atoms. The minimum Gasteiger partial charge on any atom is -0.309 e. The van der Waals surface area contributed by atoms with Gasteiger partial charge in [-0.3, -0.25) is 0 Å². The van der Waals surface area contributed by atoms with Crippen LogP contribution >= 0.6 is 11.6 Å². The molecular weight excluding hydrogens is 203 g/mol. The van der Waals surface area contributed by atoms with Gasteiger partial charge in [-0.2, -0.15) is 13.2 Å². The van der Waals surface area contributed by atoms with E-state index in [1.807, 2.05) is 20.8 Å². The van der Waals surface area contributed by atoms with Crippen LogP contribution in [0.4, 0.5) is 13.2 Å². The van der Waals surface area contributed by atoms with Crippen LogP contribution in [0.15, 0.2) is 11.1 Å². The second kappa shape index (κ2) is 4.33. The van der Waals surface area contributed by atoms with Crippen molar-refractivity contribution < 1.29 is 13.2 Å². The molecule has 0 heterocycles. The molecule has 0 atom stereocenters. The molecule has 0 bridgehead atoms. The fraction of sp³-hybridized carbons (Fsp3) is 0.750. The first-order valence-electron chi connectivity index (χ1n) is 3.81. The number of halogens is 4. The molecule has 1 N–H and O–H groups in total. The van der Waals surface area contributed by atoms with E-state index in [9.17, 15) is 13.2 Å². The number of hydrogen-bond donors (Lipinski definition) is 1. The normalized spacial score (nSPS) is 14.8. The van der Waals surface area contributed by atoms with Crippen LogP contribution in [-0.2, 0) is 0 Å². The zero-order valence-corrected chi connectivity index (χ0v) is 8.55. The van der Waals surface area contributed by atoms with Gasteiger partial charge in [-0.1, -0.05) is 11.6 Å². The van der Waals surface area contributed by atoms with E-state index in [2.05, 4.69) is 5.32 Å². The summed E-state index contributed by atoms with van der Waals surface area (Å²) in [6, 6.07) is 0. The highest BCUT2D eigenvalue weighted by molar-refractivity contribution is 6.30. The lowest BCUT2D eigenvalue weighted by molar-refractivity contribution is -0.0847. The van der Waals surface area contributed by atoms with Gasteiger partial charge in [-0.25, -0.2) is 0 Å². The maximum Gasteiger partial charge on any atom is 0.426 e. The van der Waals surface area contributed by atoms with Crippen molar-refractivity contribution in [1.82, 2.24) is 5.32 Å². The number of allylic oxidation sites excluding steroid dienone is 1. The summed E-state index contributed by atoms with van der Waals surface area (Å²) in [4.78, 5) is 0. The van der Waals surface area contributed by atoms with Crippen molar-refractivity contribution >= 4 is 11.6 Å². The Morgan fingerprint density at radius 1 is 1.31 bits per heavy atom. The molecule has 78 valence electrons. The molecule has 0 aromatic heterocycles. The highest BCUT2D eigenvalue weighted by atomic mass is 35.5. The van der Waals surface area contributed by atoms with Crippen molar-refractivity contribution in [3.8, 4) is 0 Å². The van der Waals surface area contributed by atoms with Gasteiger partial charge in [0.15, 0.2) is 0 Å². The summed E-state index contributed by atoms with van der Waals surface area (Å²) in [6.07, 6.45) is -3.51. The molecule has 5 heteroatoms. The third-order valence-corrected chi connectivity index (χ3v) is 1.55. The Balaban J connectivity index is 4.00. The van der Waals surface area contributed by atoms with E-state index >= 15 is 0 Å². The molecule has 0 radical (unpaired) electrons. The van der Waals surface area contributed by atoms with Crippen LogP contribution in [0.25, 0.3) is 0 Å². The van der Waals surface area contributed by atoms with E-state index in [0.29, 0.717) is 0 Å². The van der Waals surface area contributed by atoms with Gasteiger partial charge < -0.3 is 5.32 Å². The number of alkyl halides is 3. The lowest BCUT2D eigenvalue weighted by atomic mass is 10.1. The fourth-order valence-corrected chi connectivity index (χ4v) is 0.640. The average Bonchev–Trinajstić information content (AvgIpc) is 1.82. The maximum absolute atomic E-state index is 11.8. The second-order valence-electron chi connectivity index (χ2n) is 3.68. The van der Waals surface area contributed by atoms with Gasteiger partial charge in [0.25, 0.3) is 0 Å². The lowest BCUT2D eigenvalue weighted by Crippen LogP contribution is -2.36. The molecule has 0 amide bonds. The summed E-state index contributed by atoms with van der Waals surface area (Å²) in [6.45, 7) is 5.70. The molecule has 0 aromatic rings. The summed E-state index contributed by atoms with van der Waals surface area (Å²) in [7, 11) is 0. The minimum absolute atomic E-state index is 0.113. The van der Waals surface area contributed by atoms with Crippen LogP contribution in [0.5, 0.6) is 0 Å². The molecule has 0 rings (SSSR count). The molecule has 0 unspecified atom stereocenters. The van der Waals surface area contributed by atoms with Gasteiger partial charge in [-0.05, 0) is 26.8 Å². The van der Waals surface area contributed by atoms with Crippen LogP contribution < -0.4 is 5.32 Å². The third-order valence-electron chi connectivity index (χ3n) is 1.18. The second-order valence-corrected chi connectivity index (χ2v) is 4.09. The van der Waals surface area contributed by atoms with Gasteiger partial charge in [0.1, 0.15) is 5.03 Å². The largest absolute Gasteiger partial charge is 0.426 e. The molecule has 0 aromatic carbocycles. The van der Waals surface area contributed by atoms with Crippen LogP contribution in [-0.4, -0.2) is 18.3 Å². The Kier molecular flexibility index (Phi) is 4.26. The number of hydrogen-bond acceptors (Lipinski definition) is 1. The molecule has 0 aliphatic heterocycles. The first kappa shape index (κ1) is 12.8. The summed E-state index contributed by atoms with van der Waals surface area (Å²) >= 11 is 4.98. The first-order valence-corrected chi connectivity index (χ1v) is 4.18. The van der Waals surface area contributed by atoms with E-state index in [1.54, 1.807) is 0 Å². The molecular formula is C8H13ClF3N. The fourth-order valence-electron chi connectivity index (χ4n) is 0.563. The molecule has 0 saturated carbocycles.